The molecule has 166 valence electrons. The second kappa shape index (κ2) is 9.12. The van der Waals surface area contributed by atoms with E-state index in [9.17, 15) is 9.59 Å². The molecule has 1 fully saturated rings. The molecule has 1 aromatic carbocycles. The molecule has 1 atom stereocenters. The molecule has 7 nitrogen and oxygen atoms in total. The van der Waals surface area contributed by atoms with E-state index >= 15 is 0 Å². The van der Waals surface area contributed by atoms with E-state index < -0.39 is 0 Å². The van der Waals surface area contributed by atoms with Crippen LogP contribution >= 0.6 is 0 Å². The Bertz CT molecular complexity index is 948. The second-order valence-corrected chi connectivity index (χ2v) is 8.95. The molecule has 2 aromatic rings. The maximum atomic E-state index is 13.0. The number of carbonyl (C=O) groups is 2. The Morgan fingerprint density at radius 3 is 2.68 bits per heavy atom. The number of fused-ring (bicyclic) bond motifs is 1. The van der Waals surface area contributed by atoms with Gasteiger partial charge in [-0.3, -0.25) is 9.59 Å². The number of benzene rings is 1. The Morgan fingerprint density at radius 2 is 2.03 bits per heavy atom. The minimum atomic E-state index is -0.382. The summed E-state index contributed by atoms with van der Waals surface area (Å²) in [6.07, 6.45) is 3.79. The molecular weight excluding hydrogens is 392 g/mol. The van der Waals surface area contributed by atoms with Crippen LogP contribution in [0.5, 0.6) is 5.75 Å². The normalized spacial score (nSPS) is 18.3. The molecule has 1 N–H and O–H groups in total. The van der Waals surface area contributed by atoms with E-state index in [0.717, 1.165) is 48.8 Å². The standard InChI is InChI=1S/C24H32N4O3/c1-16(2)4-10-22-25-20(14-17-5-7-18(31-3)8-6-17)21-15-27(12-13-28(21)22)24(30)19-9-11-23(29)26-19/h5-8,16,19H,4,9-15H2,1-3H3,(H,26,29). The zero-order valence-corrected chi connectivity index (χ0v) is 18.7. The van der Waals surface area contributed by atoms with Crippen molar-refractivity contribution in [1.29, 1.82) is 0 Å². The summed E-state index contributed by atoms with van der Waals surface area (Å²) in [5.41, 5.74) is 3.33. The summed E-state index contributed by atoms with van der Waals surface area (Å²) < 4.78 is 7.59. The number of methoxy groups -OCH3 is 1. The van der Waals surface area contributed by atoms with Gasteiger partial charge >= 0.3 is 0 Å². The number of rotatable bonds is 7. The van der Waals surface area contributed by atoms with E-state index in [4.69, 9.17) is 9.72 Å². The van der Waals surface area contributed by atoms with Crippen molar-refractivity contribution in [1.82, 2.24) is 19.8 Å². The highest BCUT2D eigenvalue weighted by molar-refractivity contribution is 5.90. The van der Waals surface area contributed by atoms with Gasteiger partial charge in [0.2, 0.25) is 11.8 Å². The number of nitrogens with zero attached hydrogens (tertiary/aromatic N) is 3. The number of hydrogen-bond donors (Lipinski definition) is 1. The maximum absolute atomic E-state index is 13.0. The molecule has 0 bridgehead atoms. The van der Waals surface area contributed by atoms with Crippen molar-refractivity contribution in [2.45, 2.75) is 65.1 Å². The third-order valence-electron chi connectivity index (χ3n) is 6.25. The third kappa shape index (κ3) is 4.75. The lowest BCUT2D eigenvalue weighted by Gasteiger charge is -2.31. The van der Waals surface area contributed by atoms with Crippen LogP contribution < -0.4 is 10.1 Å². The first-order valence-corrected chi connectivity index (χ1v) is 11.2. The van der Waals surface area contributed by atoms with Gasteiger partial charge in [0.25, 0.3) is 0 Å². The molecule has 2 aliphatic heterocycles. The van der Waals surface area contributed by atoms with Gasteiger partial charge in [-0.15, -0.1) is 0 Å². The van der Waals surface area contributed by atoms with E-state index in [0.29, 0.717) is 31.8 Å². The SMILES string of the molecule is COc1ccc(Cc2nc(CCC(C)C)n3c2CN(C(=O)C2CCC(=O)N2)CC3)cc1. The highest BCUT2D eigenvalue weighted by Gasteiger charge is 2.33. The van der Waals surface area contributed by atoms with Gasteiger partial charge in [0.1, 0.15) is 17.6 Å². The fourth-order valence-electron chi connectivity index (χ4n) is 4.41. The Hall–Kier alpha value is -2.83. The molecule has 0 radical (unpaired) electrons. The maximum Gasteiger partial charge on any atom is 0.245 e. The molecule has 0 aliphatic carbocycles. The van der Waals surface area contributed by atoms with Crippen LogP contribution in [0.4, 0.5) is 0 Å². The first-order valence-electron chi connectivity index (χ1n) is 11.2. The molecule has 1 saturated heterocycles. The van der Waals surface area contributed by atoms with Crippen molar-refractivity contribution in [3.8, 4) is 5.75 Å². The van der Waals surface area contributed by atoms with Crippen molar-refractivity contribution < 1.29 is 14.3 Å². The quantitative estimate of drug-likeness (QED) is 0.742. The molecule has 1 unspecified atom stereocenters. The van der Waals surface area contributed by atoms with Crippen LogP contribution in [0.25, 0.3) is 0 Å². The van der Waals surface area contributed by atoms with Gasteiger partial charge in [-0.2, -0.15) is 0 Å². The molecule has 4 rings (SSSR count). The van der Waals surface area contributed by atoms with Gasteiger partial charge < -0.3 is 19.5 Å². The van der Waals surface area contributed by atoms with Crippen molar-refractivity contribution in [2.75, 3.05) is 13.7 Å². The van der Waals surface area contributed by atoms with Crippen LogP contribution in [-0.4, -0.2) is 46.0 Å². The lowest BCUT2D eigenvalue weighted by Crippen LogP contribution is -2.47. The third-order valence-corrected chi connectivity index (χ3v) is 6.25. The summed E-state index contributed by atoms with van der Waals surface area (Å²) in [4.78, 5) is 31.5. The largest absolute Gasteiger partial charge is 0.497 e. The lowest BCUT2D eigenvalue weighted by atomic mass is 10.1. The van der Waals surface area contributed by atoms with E-state index in [-0.39, 0.29) is 17.9 Å². The molecule has 0 saturated carbocycles. The predicted molar refractivity (Wildman–Crippen MR) is 118 cm³/mol. The van der Waals surface area contributed by atoms with E-state index in [1.165, 1.54) is 5.56 Å². The number of hydrogen-bond acceptors (Lipinski definition) is 4. The summed E-state index contributed by atoms with van der Waals surface area (Å²) in [5, 5.41) is 2.81. The molecule has 31 heavy (non-hydrogen) atoms. The molecular formula is C24H32N4O3. The minimum Gasteiger partial charge on any atom is -0.497 e. The Balaban J connectivity index is 1.57. The summed E-state index contributed by atoms with van der Waals surface area (Å²) >= 11 is 0. The summed E-state index contributed by atoms with van der Waals surface area (Å²) in [7, 11) is 1.67. The molecule has 7 heteroatoms. The van der Waals surface area contributed by atoms with E-state index in [1.54, 1.807) is 7.11 Å². The summed E-state index contributed by atoms with van der Waals surface area (Å²) in [6, 6.07) is 7.69. The number of imidazole rings is 1. The predicted octanol–water partition coefficient (Wildman–Crippen LogP) is 2.69. The highest BCUT2D eigenvalue weighted by Crippen LogP contribution is 2.25. The number of carbonyl (C=O) groups excluding carboxylic acids is 2. The number of aromatic nitrogens is 2. The zero-order chi connectivity index (χ0) is 22.0. The van der Waals surface area contributed by atoms with Gasteiger partial charge in [-0.05, 0) is 36.5 Å². The minimum absolute atomic E-state index is 0.0254. The van der Waals surface area contributed by atoms with Crippen LogP contribution in [0.1, 0.15) is 55.9 Å². The molecule has 2 amide bonds. The number of amides is 2. The average molecular weight is 425 g/mol. The van der Waals surface area contributed by atoms with Gasteiger partial charge in [-0.25, -0.2) is 4.98 Å². The summed E-state index contributed by atoms with van der Waals surface area (Å²) in [6.45, 7) is 6.42. The van der Waals surface area contributed by atoms with Crippen LogP contribution in [0.15, 0.2) is 24.3 Å². The van der Waals surface area contributed by atoms with E-state index in [2.05, 4.69) is 35.9 Å². The first-order chi connectivity index (χ1) is 14.9. The Labute approximate surface area is 183 Å². The van der Waals surface area contributed by atoms with Crippen LogP contribution in [0.3, 0.4) is 0 Å². The van der Waals surface area contributed by atoms with Crippen molar-refractivity contribution in [3.05, 3.63) is 47.0 Å². The van der Waals surface area contributed by atoms with Crippen molar-refractivity contribution in [3.63, 3.8) is 0 Å². The zero-order valence-electron chi connectivity index (χ0n) is 18.7. The van der Waals surface area contributed by atoms with Gasteiger partial charge in [0, 0.05) is 32.4 Å². The lowest BCUT2D eigenvalue weighted by molar-refractivity contribution is -0.135. The number of ether oxygens (including phenoxy) is 1. The molecule has 0 spiro atoms. The second-order valence-electron chi connectivity index (χ2n) is 8.95. The molecule has 1 aromatic heterocycles. The highest BCUT2D eigenvalue weighted by atomic mass is 16.5. The topological polar surface area (TPSA) is 76.5 Å². The molecule has 3 heterocycles. The fourth-order valence-corrected chi connectivity index (χ4v) is 4.41. The fraction of sp³-hybridized carbons (Fsp3) is 0.542. The number of nitrogens with one attached hydrogen (secondary N) is 1. The van der Waals surface area contributed by atoms with Gasteiger partial charge in [0.15, 0.2) is 0 Å². The van der Waals surface area contributed by atoms with Gasteiger partial charge in [-0.1, -0.05) is 26.0 Å². The smallest absolute Gasteiger partial charge is 0.245 e. The molecule has 2 aliphatic rings. The van der Waals surface area contributed by atoms with Crippen LogP contribution in [-0.2, 0) is 35.5 Å². The van der Waals surface area contributed by atoms with Gasteiger partial charge in [0.05, 0.1) is 25.0 Å². The summed E-state index contributed by atoms with van der Waals surface area (Å²) in [5.74, 6) is 2.57. The number of aryl methyl sites for hydroxylation is 1. The monoisotopic (exact) mass is 424 g/mol. The Kier molecular flexibility index (Phi) is 6.30. The van der Waals surface area contributed by atoms with Crippen LogP contribution in [0, 0.1) is 5.92 Å². The van der Waals surface area contributed by atoms with Crippen molar-refractivity contribution >= 4 is 11.8 Å². The Morgan fingerprint density at radius 1 is 1.26 bits per heavy atom. The van der Waals surface area contributed by atoms with Crippen molar-refractivity contribution in [2.24, 2.45) is 5.92 Å². The average Bonchev–Trinajstić information content (AvgIpc) is 3.35. The first kappa shape index (κ1) is 21.4. The van der Waals surface area contributed by atoms with E-state index in [1.807, 2.05) is 17.0 Å². The van der Waals surface area contributed by atoms with Crippen LogP contribution in [0.2, 0.25) is 0 Å².